The number of benzene rings is 1. The number of hydrogen-bond acceptors (Lipinski definition) is 1. The molecule has 1 aromatic carbocycles. The molecule has 2 nitrogen and oxygen atoms in total. The van der Waals surface area contributed by atoms with Gasteiger partial charge >= 0.3 is 5.37 Å². The van der Waals surface area contributed by atoms with E-state index in [2.05, 4.69) is 0 Å². The van der Waals surface area contributed by atoms with Gasteiger partial charge in [-0.3, -0.25) is 9.69 Å². The summed E-state index contributed by atoms with van der Waals surface area (Å²) in [5.41, 5.74) is 0.715. The van der Waals surface area contributed by atoms with Crippen molar-refractivity contribution in [1.29, 1.82) is 0 Å². The van der Waals surface area contributed by atoms with Gasteiger partial charge in [0.2, 0.25) is 0 Å². The zero-order valence-corrected chi connectivity index (χ0v) is 9.51. The van der Waals surface area contributed by atoms with Gasteiger partial charge in [0, 0.05) is 16.8 Å². The first-order valence-electron chi connectivity index (χ1n) is 4.26. The van der Waals surface area contributed by atoms with E-state index >= 15 is 0 Å². The highest BCUT2D eigenvalue weighted by atomic mass is 35.5. The fraction of sp³-hybridized carbons (Fsp3) is 0.300. The summed E-state index contributed by atoms with van der Waals surface area (Å²) in [5.74, 6) is 0. The molecule has 0 aliphatic heterocycles. The van der Waals surface area contributed by atoms with Crippen LogP contribution < -0.4 is 4.90 Å². The molecule has 1 rings (SSSR count). The Morgan fingerprint density at radius 1 is 1.43 bits per heavy atom. The van der Waals surface area contributed by atoms with Crippen LogP contribution in [0.4, 0.5) is 10.5 Å². The van der Waals surface area contributed by atoms with Crippen LogP contribution in [0.3, 0.4) is 0 Å². The smallest absolute Gasteiger partial charge is 0.296 e. The minimum Gasteiger partial charge on any atom is -0.296 e. The molecule has 0 radical (unpaired) electrons. The maximum absolute atomic E-state index is 11.1. The Labute approximate surface area is 93.4 Å². The van der Waals surface area contributed by atoms with Gasteiger partial charge in [0.25, 0.3) is 0 Å². The van der Waals surface area contributed by atoms with E-state index in [1.54, 1.807) is 24.3 Å². The predicted molar refractivity (Wildman–Crippen MR) is 60.3 cm³/mol. The normalized spacial score (nSPS) is 10.4. The summed E-state index contributed by atoms with van der Waals surface area (Å²) in [6.07, 6.45) is 0. The number of nitrogens with zero attached hydrogens (tertiary/aromatic N) is 1. The van der Waals surface area contributed by atoms with Gasteiger partial charge in [-0.25, -0.2) is 0 Å². The second-order valence-electron chi connectivity index (χ2n) is 3.20. The van der Waals surface area contributed by atoms with Crippen molar-refractivity contribution >= 4 is 34.3 Å². The summed E-state index contributed by atoms with van der Waals surface area (Å²) in [6, 6.07) is 7.06. The molecule has 0 aromatic heterocycles. The molecule has 0 heterocycles. The first-order valence-corrected chi connectivity index (χ1v) is 5.02. The zero-order valence-electron chi connectivity index (χ0n) is 8.00. The highest BCUT2D eigenvalue weighted by Gasteiger charge is 2.16. The molecule has 0 aliphatic rings. The third-order valence-electron chi connectivity index (χ3n) is 1.79. The minimum absolute atomic E-state index is 0.0125. The molecule has 4 heteroatoms. The maximum atomic E-state index is 11.1. The summed E-state index contributed by atoms with van der Waals surface area (Å²) in [7, 11) is 0. The van der Waals surface area contributed by atoms with Gasteiger partial charge < -0.3 is 0 Å². The molecule has 0 saturated heterocycles. The monoisotopic (exact) mass is 231 g/mol. The molecular weight excluding hydrogens is 221 g/mol. The van der Waals surface area contributed by atoms with Gasteiger partial charge in [-0.15, -0.1) is 0 Å². The van der Waals surface area contributed by atoms with Crippen molar-refractivity contribution < 1.29 is 4.79 Å². The van der Waals surface area contributed by atoms with Crippen LogP contribution in [0.5, 0.6) is 0 Å². The molecule has 0 atom stereocenters. The van der Waals surface area contributed by atoms with E-state index in [1.807, 2.05) is 13.8 Å². The van der Waals surface area contributed by atoms with Crippen molar-refractivity contribution in [1.82, 2.24) is 0 Å². The fourth-order valence-electron chi connectivity index (χ4n) is 1.23. The molecule has 0 N–H and O–H groups in total. The lowest BCUT2D eigenvalue weighted by Crippen LogP contribution is -2.32. The van der Waals surface area contributed by atoms with Gasteiger partial charge in [-0.2, -0.15) is 0 Å². The summed E-state index contributed by atoms with van der Waals surface area (Å²) in [6.45, 7) is 3.78. The Balaban J connectivity index is 3.05. The van der Waals surface area contributed by atoms with Crippen molar-refractivity contribution in [2.75, 3.05) is 4.90 Å². The molecule has 0 saturated carbocycles. The largest absolute Gasteiger partial charge is 0.321 e. The van der Waals surface area contributed by atoms with Gasteiger partial charge in [0.15, 0.2) is 0 Å². The Morgan fingerprint density at radius 2 is 2.07 bits per heavy atom. The summed E-state index contributed by atoms with van der Waals surface area (Å²) in [5, 5.41) is 0.0910. The van der Waals surface area contributed by atoms with E-state index in [-0.39, 0.29) is 6.04 Å². The van der Waals surface area contributed by atoms with E-state index in [1.165, 1.54) is 4.90 Å². The summed E-state index contributed by atoms with van der Waals surface area (Å²) >= 11 is 11.3. The molecule has 0 unspecified atom stereocenters. The number of halogens is 2. The summed E-state index contributed by atoms with van der Waals surface area (Å²) in [4.78, 5) is 12.6. The van der Waals surface area contributed by atoms with Crippen LogP contribution >= 0.6 is 23.2 Å². The Hall–Kier alpha value is -0.730. The molecule has 0 fully saturated rings. The zero-order chi connectivity index (χ0) is 10.7. The Bertz CT molecular complexity index is 339. The predicted octanol–water partition coefficient (Wildman–Crippen LogP) is 3.91. The Kier molecular flexibility index (Phi) is 3.78. The third-order valence-corrected chi connectivity index (χ3v) is 2.21. The number of hydrogen-bond donors (Lipinski definition) is 0. The molecule has 1 amide bonds. The number of anilines is 1. The van der Waals surface area contributed by atoms with E-state index < -0.39 is 5.37 Å². The first-order chi connectivity index (χ1) is 6.52. The number of carbonyl (C=O) groups excluding carboxylic acids is 1. The lowest BCUT2D eigenvalue weighted by Gasteiger charge is -2.23. The van der Waals surface area contributed by atoms with Crippen molar-refractivity contribution in [3.8, 4) is 0 Å². The average molecular weight is 232 g/mol. The molecule has 14 heavy (non-hydrogen) atoms. The van der Waals surface area contributed by atoms with Gasteiger partial charge in [-0.1, -0.05) is 17.7 Å². The Morgan fingerprint density at radius 3 is 2.50 bits per heavy atom. The average Bonchev–Trinajstić information content (AvgIpc) is 2.02. The second-order valence-corrected chi connectivity index (χ2v) is 3.96. The van der Waals surface area contributed by atoms with Gasteiger partial charge in [0.1, 0.15) is 0 Å². The minimum atomic E-state index is -0.498. The van der Waals surface area contributed by atoms with Crippen molar-refractivity contribution in [3.63, 3.8) is 0 Å². The number of carbonyl (C=O) groups is 1. The molecule has 0 spiro atoms. The fourth-order valence-corrected chi connectivity index (χ4v) is 1.71. The van der Waals surface area contributed by atoms with Crippen LogP contribution in [-0.4, -0.2) is 11.4 Å². The lowest BCUT2D eigenvalue weighted by atomic mass is 10.2. The SMILES string of the molecule is CC(C)N(C(=O)Cl)c1cccc(Cl)c1. The maximum Gasteiger partial charge on any atom is 0.321 e. The number of amides is 1. The van der Waals surface area contributed by atoms with E-state index in [0.717, 1.165) is 0 Å². The molecular formula is C10H11Cl2NO. The van der Waals surface area contributed by atoms with Gasteiger partial charge in [-0.05, 0) is 43.6 Å². The van der Waals surface area contributed by atoms with Crippen LogP contribution in [0, 0.1) is 0 Å². The molecule has 0 bridgehead atoms. The second kappa shape index (κ2) is 4.67. The third kappa shape index (κ3) is 2.63. The quantitative estimate of drug-likeness (QED) is 0.559. The van der Waals surface area contributed by atoms with Crippen molar-refractivity contribution in [3.05, 3.63) is 29.3 Å². The van der Waals surface area contributed by atoms with Crippen LogP contribution in [-0.2, 0) is 0 Å². The summed E-state index contributed by atoms with van der Waals surface area (Å²) < 4.78 is 0. The van der Waals surface area contributed by atoms with E-state index in [4.69, 9.17) is 23.2 Å². The first kappa shape index (κ1) is 11.3. The topological polar surface area (TPSA) is 20.3 Å². The van der Waals surface area contributed by atoms with Crippen LogP contribution in [0.15, 0.2) is 24.3 Å². The highest BCUT2D eigenvalue weighted by Crippen LogP contribution is 2.22. The number of rotatable bonds is 2. The van der Waals surface area contributed by atoms with Crippen LogP contribution in [0.1, 0.15) is 13.8 Å². The van der Waals surface area contributed by atoms with Crippen molar-refractivity contribution in [2.24, 2.45) is 0 Å². The van der Waals surface area contributed by atoms with E-state index in [0.29, 0.717) is 10.7 Å². The standard InChI is InChI=1S/C10H11Cl2NO/c1-7(2)13(10(12)14)9-5-3-4-8(11)6-9/h3-7H,1-2H3. The molecule has 0 aliphatic carbocycles. The highest BCUT2D eigenvalue weighted by molar-refractivity contribution is 6.66. The van der Waals surface area contributed by atoms with E-state index in [9.17, 15) is 4.79 Å². The van der Waals surface area contributed by atoms with Crippen LogP contribution in [0.25, 0.3) is 0 Å². The molecule has 76 valence electrons. The van der Waals surface area contributed by atoms with Crippen molar-refractivity contribution in [2.45, 2.75) is 19.9 Å². The lowest BCUT2D eigenvalue weighted by molar-refractivity contribution is 0.263. The van der Waals surface area contributed by atoms with Crippen LogP contribution in [0.2, 0.25) is 5.02 Å². The van der Waals surface area contributed by atoms with Gasteiger partial charge in [0.05, 0.1) is 0 Å². The molecule has 1 aromatic rings.